The summed E-state index contributed by atoms with van der Waals surface area (Å²) in [6.45, 7) is 0.252. The molecule has 14 heavy (non-hydrogen) atoms. The lowest BCUT2D eigenvalue weighted by Gasteiger charge is -2.00. The first-order valence-corrected chi connectivity index (χ1v) is 3.99. The Balaban J connectivity index is 2.57. The van der Waals surface area contributed by atoms with E-state index in [-0.39, 0.29) is 24.8 Å². The van der Waals surface area contributed by atoms with Crippen molar-refractivity contribution in [3.8, 4) is 11.5 Å². The second-order valence-electron chi connectivity index (χ2n) is 2.81. The number of nitrogens with two attached hydrogens (primary N) is 1. The van der Waals surface area contributed by atoms with Crippen LogP contribution in [0.2, 0.25) is 0 Å². The van der Waals surface area contributed by atoms with Crippen LogP contribution >= 0.6 is 0 Å². The van der Waals surface area contributed by atoms with Crippen LogP contribution < -0.4 is 15.2 Å². The zero-order valence-electron chi connectivity index (χ0n) is 7.23. The molecular formula is C8H8N2O4. The predicted molar refractivity (Wildman–Crippen MR) is 47.1 cm³/mol. The monoisotopic (exact) mass is 196 g/mol. The summed E-state index contributed by atoms with van der Waals surface area (Å²) in [6, 6.07) is 3.04. The number of fused-ring (bicyclic) bond motifs is 1. The maximum Gasteiger partial charge on any atom is 0.315 e. The van der Waals surface area contributed by atoms with Crippen molar-refractivity contribution in [1.29, 1.82) is 0 Å². The van der Waals surface area contributed by atoms with Crippen LogP contribution in [-0.4, -0.2) is 11.7 Å². The molecule has 0 bridgehead atoms. The molecule has 0 atom stereocenters. The van der Waals surface area contributed by atoms with Crippen LogP contribution in [0.5, 0.6) is 11.5 Å². The van der Waals surface area contributed by atoms with Gasteiger partial charge < -0.3 is 15.2 Å². The van der Waals surface area contributed by atoms with Crippen LogP contribution in [0.1, 0.15) is 5.56 Å². The zero-order chi connectivity index (χ0) is 10.1. The number of hydrogen-bond acceptors (Lipinski definition) is 5. The summed E-state index contributed by atoms with van der Waals surface area (Å²) in [4.78, 5) is 10.2. The van der Waals surface area contributed by atoms with Crippen molar-refractivity contribution in [3.05, 3.63) is 27.8 Å². The Morgan fingerprint density at radius 2 is 2.29 bits per heavy atom. The molecule has 6 nitrogen and oxygen atoms in total. The molecule has 0 aromatic heterocycles. The second kappa shape index (κ2) is 3.15. The van der Waals surface area contributed by atoms with E-state index in [0.29, 0.717) is 11.3 Å². The largest absolute Gasteiger partial charge is 0.453 e. The van der Waals surface area contributed by atoms with Crippen molar-refractivity contribution in [2.24, 2.45) is 5.73 Å². The molecule has 74 valence electrons. The van der Waals surface area contributed by atoms with Gasteiger partial charge in [0.1, 0.15) is 0 Å². The quantitative estimate of drug-likeness (QED) is 0.557. The molecule has 1 aromatic rings. The third kappa shape index (κ3) is 1.25. The number of nitro groups is 1. The van der Waals surface area contributed by atoms with Crippen molar-refractivity contribution < 1.29 is 14.4 Å². The van der Waals surface area contributed by atoms with Crippen LogP contribution in [0.3, 0.4) is 0 Å². The summed E-state index contributed by atoms with van der Waals surface area (Å²) in [5.41, 5.74) is 5.95. The molecule has 0 amide bonds. The summed E-state index contributed by atoms with van der Waals surface area (Å²) in [5.74, 6) is 0.576. The summed E-state index contributed by atoms with van der Waals surface area (Å²) >= 11 is 0. The Labute approximate surface area is 79.4 Å². The second-order valence-corrected chi connectivity index (χ2v) is 2.81. The molecular weight excluding hydrogens is 188 g/mol. The molecule has 0 unspecified atom stereocenters. The van der Waals surface area contributed by atoms with Gasteiger partial charge in [0.15, 0.2) is 5.75 Å². The summed E-state index contributed by atoms with van der Waals surface area (Å²) in [6.07, 6.45) is 0. The van der Waals surface area contributed by atoms with Gasteiger partial charge in [0.25, 0.3) is 0 Å². The number of rotatable bonds is 2. The first-order valence-electron chi connectivity index (χ1n) is 3.99. The van der Waals surface area contributed by atoms with Crippen LogP contribution in [0.25, 0.3) is 0 Å². The Bertz CT molecular complexity index is 391. The number of ether oxygens (including phenoxy) is 2. The van der Waals surface area contributed by atoms with E-state index < -0.39 is 4.92 Å². The lowest BCUT2D eigenvalue weighted by atomic mass is 10.1. The third-order valence-electron chi connectivity index (χ3n) is 1.95. The average Bonchev–Trinajstić information content (AvgIpc) is 2.63. The van der Waals surface area contributed by atoms with Crippen molar-refractivity contribution in [1.82, 2.24) is 0 Å². The molecule has 2 rings (SSSR count). The van der Waals surface area contributed by atoms with Gasteiger partial charge in [-0.15, -0.1) is 0 Å². The van der Waals surface area contributed by atoms with Gasteiger partial charge in [-0.2, -0.15) is 0 Å². The molecule has 1 aromatic carbocycles. The van der Waals surface area contributed by atoms with E-state index >= 15 is 0 Å². The lowest BCUT2D eigenvalue weighted by Crippen LogP contribution is -1.98. The molecule has 0 radical (unpaired) electrons. The Hall–Kier alpha value is -1.82. The molecule has 1 aliphatic heterocycles. The molecule has 0 spiro atoms. The summed E-state index contributed by atoms with van der Waals surface area (Å²) in [5, 5.41) is 10.7. The maximum atomic E-state index is 10.7. The van der Waals surface area contributed by atoms with Crippen molar-refractivity contribution in [2.75, 3.05) is 6.79 Å². The average molecular weight is 196 g/mol. The zero-order valence-corrected chi connectivity index (χ0v) is 7.23. The van der Waals surface area contributed by atoms with Gasteiger partial charge in [-0.05, 0) is 11.6 Å². The van der Waals surface area contributed by atoms with Crippen molar-refractivity contribution in [3.63, 3.8) is 0 Å². The molecule has 0 saturated carbocycles. The minimum absolute atomic E-state index is 0.0181. The van der Waals surface area contributed by atoms with E-state index in [2.05, 4.69) is 0 Å². The highest BCUT2D eigenvalue weighted by Crippen LogP contribution is 2.41. The van der Waals surface area contributed by atoms with Crippen molar-refractivity contribution in [2.45, 2.75) is 6.54 Å². The molecule has 1 heterocycles. The minimum Gasteiger partial charge on any atom is -0.453 e. The van der Waals surface area contributed by atoms with Gasteiger partial charge >= 0.3 is 5.69 Å². The molecule has 0 aliphatic carbocycles. The first-order chi connectivity index (χ1) is 6.72. The summed E-state index contributed by atoms with van der Waals surface area (Å²) < 4.78 is 10.0. The Morgan fingerprint density at radius 3 is 2.93 bits per heavy atom. The standard InChI is InChI=1S/C8H8N2O4/c9-3-5-1-6(10(11)12)8-7(2-5)13-4-14-8/h1-2H,3-4,9H2. The number of nitrogens with zero attached hydrogens (tertiary/aromatic N) is 1. The fourth-order valence-electron chi connectivity index (χ4n) is 1.30. The highest BCUT2D eigenvalue weighted by atomic mass is 16.7. The molecule has 0 saturated heterocycles. The van der Waals surface area contributed by atoms with E-state index in [1.165, 1.54) is 6.07 Å². The summed E-state index contributed by atoms with van der Waals surface area (Å²) in [7, 11) is 0. The molecule has 0 fully saturated rings. The third-order valence-corrected chi connectivity index (χ3v) is 1.95. The highest BCUT2D eigenvalue weighted by Gasteiger charge is 2.26. The Kier molecular flexibility index (Phi) is 1.97. The Morgan fingerprint density at radius 1 is 1.50 bits per heavy atom. The van der Waals surface area contributed by atoms with Gasteiger partial charge in [-0.1, -0.05) is 0 Å². The SMILES string of the molecule is NCc1cc2c(c([N+](=O)[O-])c1)OCO2. The predicted octanol–water partition coefficient (Wildman–Crippen LogP) is 0.782. The van der Waals surface area contributed by atoms with Crippen LogP contribution in [-0.2, 0) is 6.54 Å². The molecule has 6 heteroatoms. The lowest BCUT2D eigenvalue weighted by molar-refractivity contribution is -0.385. The molecule has 2 N–H and O–H groups in total. The number of hydrogen-bond donors (Lipinski definition) is 1. The van der Waals surface area contributed by atoms with E-state index in [1.807, 2.05) is 0 Å². The maximum absolute atomic E-state index is 10.7. The van der Waals surface area contributed by atoms with Crippen molar-refractivity contribution >= 4 is 5.69 Å². The topological polar surface area (TPSA) is 87.6 Å². The smallest absolute Gasteiger partial charge is 0.315 e. The fourth-order valence-corrected chi connectivity index (χ4v) is 1.30. The number of benzene rings is 1. The van der Waals surface area contributed by atoms with E-state index in [9.17, 15) is 10.1 Å². The van der Waals surface area contributed by atoms with E-state index in [4.69, 9.17) is 15.2 Å². The van der Waals surface area contributed by atoms with Gasteiger partial charge in [0.05, 0.1) is 4.92 Å². The fraction of sp³-hybridized carbons (Fsp3) is 0.250. The van der Waals surface area contributed by atoms with E-state index in [0.717, 1.165) is 0 Å². The van der Waals surface area contributed by atoms with Gasteiger partial charge in [0, 0.05) is 12.6 Å². The highest BCUT2D eigenvalue weighted by molar-refractivity contribution is 5.59. The first kappa shape index (κ1) is 8.76. The van der Waals surface area contributed by atoms with Crippen LogP contribution in [0.4, 0.5) is 5.69 Å². The van der Waals surface area contributed by atoms with Crippen LogP contribution in [0.15, 0.2) is 12.1 Å². The normalized spacial score (nSPS) is 12.9. The van der Waals surface area contributed by atoms with Gasteiger partial charge in [0.2, 0.25) is 12.5 Å². The van der Waals surface area contributed by atoms with Crippen LogP contribution in [0, 0.1) is 10.1 Å². The minimum atomic E-state index is -0.507. The van der Waals surface area contributed by atoms with Gasteiger partial charge in [-0.25, -0.2) is 0 Å². The molecule has 1 aliphatic rings. The van der Waals surface area contributed by atoms with Gasteiger partial charge in [-0.3, -0.25) is 10.1 Å². The number of nitro benzene ring substituents is 1. The van der Waals surface area contributed by atoms with E-state index in [1.54, 1.807) is 6.07 Å².